The molecule has 0 amide bonds. The Hall–Kier alpha value is -1.16. The van der Waals surface area contributed by atoms with Gasteiger partial charge in [-0.2, -0.15) is 0 Å². The van der Waals surface area contributed by atoms with Gasteiger partial charge in [-0.3, -0.25) is 9.59 Å². The molecule has 1 aliphatic heterocycles. The summed E-state index contributed by atoms with van der Waals surface area (Å²) in [7, 11) is 0. The van der Waals surface area contributed by atoms with Crippen molar-refractivity contribution in [1.29, 1.82) is 0 Å². The van der Waals surface area contributed by atoms with Crippen LogP contribution in [0.1, 0.15) is 105 Å². The first-order chi connectivity index (χ1) is 16.5. The van der Waals surface area contributed by atoms with Crippen LogP contribution in [-0.4, -0.2) is 42.4 Å². The maximum Gasteiger partial charge on any atom is 0.307 e. The Morgan fingerprint density at radius 3 is 2.57 bits per heavy atom. The number of Topliss-reactive ketones (excluding diaryl/α,β-unsaturated/α-hetero) is 1. The summed E-state index contributed by atoms with van der Waals surface area (Å²) in [4.78, 5) is 27.6. The van der Waals surface area contributed by atoms with Gasteiger partial charge >= 0.3 is 5.97 Å². The van der Waals surface area contributed by atoms with E-state index in [1.54, 1.807) is 5.57 Å². The standard InChI is InChI=1S/C31H49NO3/c1-21(33)25-9-10-26-24-8-7-22-19-23(11-15-30(22,4)27(24)12-16-31(25,26)5)35-28(34)13-18-32-17-6-14-29(2,3)20-32/h7,23-27H,6,8-20H2,1-5H3/t23-,24-,25-,26+,27+,30+,31+/m0/s1. The molecule has 0 aromatic heterocycles. The van der Waals surface area contributed by atoms with E-state index in [2.05, 4.69) is 38.7 Å². The first-order valence-electron chi connectivity index (χ1n) is 14.6. The van der Waals surface area contributed by atoms with Crippen molar-refractivity contribution >= 4 is 11.8 Å². The molecule has 0 spiro atoms. The fourth-order valence-corrected chi connectivity index (χ4v) is 9.63. The number of hydrogen-bond donors (Lipinski definition) is 0. The van der Waals surface area contributed by atoms with Crippen LogP contribution in [0.4, 0.5) is 0 Å². The Balaban J connectivity index is 1.19. The SMILES string of the molecule is CC(=O)[C@@H]1CC[C@@H]2[C@@H]3CC=C4C[C@@H](OC(=O)CCN5CCCC(C)(C)C5)CC[C@@]4(C)[C@@H]3CC[C@@]21C. The zero-order chi connectivity index (χ0) is 25.0. The summed E-state index contributed by atoms with van der Waals surface area (Å²) in [6, 6.07) is 0. The molecule has 1 saturated heterocycles. The van der Waals surface area contributed by atoms with Crippen LogP contribution in [0.2, 0.25) is 0 Å². The van der Waals surface area contributed by atoms with E-state index in [1.807, 2.05) is 6.92 Å². The second-order valence-corrected chi connectivity index (χ2v) is 14.2. The van der Waals surface area contributed by atoms with Crippen LogP contribution in [0, 0.1) is 39.9 Å². The van der Waals surface area contributed by atoms with Crippen LogP contribution in [0.5, 0.6) is 0 Å². The summed E-state index contributed by atoms with van der Waals surface area (Å²) in [5.41, 5.74) is 2.39. The molecule has 1 heterocycles. The molecule has 4 fully saturated rings. The quantitative estimate of drug-likeness (QED) is 0.327. The number of carbonyl (C=O) groups is 2. The second kappa shape index (κ2) is 9.30. The Kier molecular flexibility index (Phi) is 6.77. The zero-order valence-corrected chi connectivity index (χ0v) is 23.0. The lowest BCUT2D eigenvalue weighted by molar-refractivity contribution is -0.152. The third-order valence-corrected chi connectivity index (χ3v) is 11.5. The molecule has 35 heavy (non-hydrogen) atoms. The number of allylic oxidation sites excluding steroid dienone is 1. The number of piperidine rings is 1. The Morgan fingerprint density at radius 1 is 1.03 bits per heavy atom. The average Bonchev–Trinajstić information content (AvgIpc) is 3.15. The van der Waals surface area contributed by atoms with Gasteiger partial charge in [0.05, 0.1) is 6.42 Å². The molecule has 4 aliphatic carbocycles. The molecular weight excluding hydrogens is 434 g/mol. The first-order valence-corrected chi connectivity index (χ1v) is 14.6. The van der Waals surface area contributed by atoms with Crippen LogP contribution in [0.15, 0.2) is 11.6 Å². The van der Waals surface area contributed by atoms with Crippen molar-refractivity contribution in [2.75, 3.05) is 19.6 Å². The molecule has 7 atom stereocenters. The largest absolute Gasteiger partial charge is 0.462 e. The summed E-state index contributed by atoms with van der Waals surface area (Å²) < 4.78 is 6.05. The van der Waals surface area contributed by atoms with E-state index in [9.17, 15) is 9.59 Å². The molecular formula is C31H49NO3. The van der Waals surface area contributed by atoms with Crippen molar-refractivity contribution in [3.63, 3.8) is 0 Å². The maximum atomic E-state index is 12.7. The summed E-state index contributed by atoms with van der Waals surface area (Å²) in [5.74, 6) is 2.83. The normalized spacial score (nSPS) is 42.9. The van der Waals surface area contributed by atoms with E-state index in [-0.39, 0.29) is 28.8 Å². The summed E-state index contributed by atoms with van der Waals surface area (Å²) >= 11 is 0. The molecule has 3 saturated carbocycles. The second-order valence-electron chi connectivity index (χ2n) is 14.2. The molecule has 0 N–H and O–H groups in total. The lowest BCUT2D eigenvalue weighted by Crippen LogP contribution is -2.51. The minimum absolute atomic E-state index is 0.00840. The van der Waals surface area contributed by atoms with Crippen molar-refractivity contribution in [2.24, 2.45) is 39.9 Å². The Morgan fingerprint density at radius 2 is 1.83 bits per heavy atom. The predicted molar refractivity (Wildman–Crippen MR) is 140 cm³/mol. The minimum atomic E-state index is -0.00840. The first kappa shape index (κ1) is 25.5. The molecule has 196 valence electrons. The van der Waals surface area contributed by atoms with Gasteiger partial charge in [0, 0.05) is 25.4 Å². The fraction of sp³-hybridized carbons (Fsp3) is 0.871. The maximum absolute atomic E-state index is 12.7. The van der Waals surface area contributed by atoms with E-state index < -0.39 is 0 Å². The number of fused-ring (bicyclic) bond motifs is 5. The van der Waals surface area contributed by atoms with Crippen LogP contribution in [-0.2, 0) is 14.3 Å². The molecule has 0 aromatic rings. The number of rotatable bonds is 5. The number of likely N-dealkylation sites (tertiary alicyclic amines) is 1. The monoisotopic (exact) mass is 483 g/mol. The number of ketones is 1. The van der Waals surface area contributed by atoms with Crippen molar-refractivity contribution < 1.29 is 14.3 Å². The van der Waals surface area contributed by atoms with Crippen molar-refractivity contribution in [2.45, 2.75) is 111 Å². The van der Waals surface area contributed by atoms with Gasteiger partial charge in [0.15, 0.2) is 0 Å². The molecule has 4 nitrogen and oxygen atoms in total. The average molecular weight is 484 g/mol. The van der Waals surface area contributed by atoms with Crippen LogP contribution in [0.25, 0.3) is 0 Å². The molecule has 0 bridgehead atoms. The zero-order valence-electron chi connectivity index (χ0n) is 23.0. The van der Waals surface area contributed by atoms with E-state index in [0.717, 1.165) is 63.6 Å². The van der Waals surface area contributed by atoms with E-state index >= 15 is 0 Å². The molecule has 0 radical (unpaired) electrons. The van der Waals surface area contributed by atoms with Crippen LogP contribution < -0.4 is 0 Å². The van der Waals surface area contributed by atoms with E-state index in [0.29, 0.717) is 23.5 Å². The molecule has 0 aromatic carbocycles. The van der Waals surface area contributed by atoms with Gasteiger partial charge in [-0.25, -0.2) is 0 Å². The summed E-state index contributed by atoms with van der Waals surface area (Å²) in [6.45, 7) is 14.5. The Labute approximate surface area is 213 Å². The lowest BCUT2D eigenvalue weighted by atomic mass is 9.47. The van der Waals surface area contributed by atoms with Gasteiger partial charge in [-0.15, -0.1) is 0 Å². The minimum Gasteiger partial charge on any atom is -0.462 e. The highest BCUT2D eigenvalue weighted by molar-refractivity contribution is 5.79. The number of esters is 1. The third kappa shape index (κ3) is 4.66. The van der Waals surface area contributed by atoms with Gasteiger partial charge < -0.3 is 9.64 Å². The van der Waals surface area contributed by atoms with Crippen LogP contribution in [0.3, 0.4) is 0 Å². The highest BCUT2D eigenvalue weighted by Crippen LogP contribution is 2.66. The molecule has 0 unspecified atom stereocenters. The van der Waals surface area contributed by atoms with Crippen LogP contribution >= 0.6 is 0 Å². The summed E-state index contributed by atoms with van der Waals surface area (Å²) in [6.07, 6.45) is 14.6. The lowest BCUT2D eigenvalue weighted by Gasteiger charge is -2.58. The van der Waals surface area contributed by atoms with Crippen molar-refractivity contribution in [1.82, 2.24) is 4.90 Å². The van der Waals surface area contributed by atoms with Gasteiger partial charge in [0.2, 0.25) is 0 Å². The molecule has 5 aliphatic rings. The van der Waals surface area contributed by atoms with Gasteiger partial charge in [0.1, 0.15) is 11.9 Å². The van der Waals surface area contributed by atoms with Crippen molar-refractivity contribution in [3.8, 4) is 0 Å². The van der Waals surface area contributed by atoms with Gasteiger partial charge in [-0.1, -0.05) is 39.3 Å². The number of hydrogen-bond acceptors (Lipinski definition) is 4. The van der Waals surface area contributed by atoms with Crippen molar-refractivity contribution in [3.05, 3.63) is 11.6 Å². The fourth-order valence-electron chi connectivity index (χ4n) is 9.63. The van der Waals surface area contributed by atoms with Gasteiger partial charge in [0.25, 0.3) is 0 Å². The smallest absolute Gasteiger partial charge is 0.307 e. The molecule has 4 heteroatoms. The third-order valence-electron chi connectivity index (χ3n) is 11.5. The Bertz CT molecular complexity index is 876. The highest BCUT2D eigenvalue weighted by Gasteiger charge is 2.59. The number of carbonyl (C=O) groups excluding carboxylic acids is 2. The number of nitrogens with zero attached hydrogens (tertiary/aromatic N) is 1. The van der Waals surface area contributed by atoms with E-state index in [4.69, 9.17) is 4.74 Å². The van der Waals surface area contributed by atoms with Gasteiger partial charge in [-0.05, 0) is 105 Å². The highest BCUT2D eigenvalue weighted by atomic mass is 16.5. The van der Waals surface area contributed by atoms with E-state index in [1.165, 1.54) is 32.1 Å². The topological polar surface area (TPSA) is 46.6 Å². The predicted octanol–water partition coefficient (Wildman–Crippen LogP) is 6.58. The number of ether oxygens (including phenoxy) is 1. The summed E-state index contributed by atoms with van der Waals surface area (Å²) in [5, 5.41) is 0. The molecule has 5 rings (SSSR count).